The van der Waals surface area contributed by atoms with E-state index < -0.39 is 17.7 Å². The first kappa shape index (κ1) is 13.9. The molecule has 0 aliphatic carbocycles. The summed E-state index contributed by atoms with van der Waals surface area (Å²) in [5.74, 6) is -0.982. The predicted octanol–water partition coefficient (Wildman–Crippen LogP) is 2.95. The van der Waals surface area contributed by atoms with Gasteiger partial charge < -0.3 is 9.84 Å². The molecule has 19 heavy (non-hydrogen) atoms. The van der Waals surface area contributed by atoms with Crippen LogP contribution in [0.15, 0.2) is 22.7 Å². The van der Waals surface area contributed by atoms with Crippen molar-refractivity contribution in [2.75, 3.05) is 11.4 Å². The van der Waals surface area contributed by atoms with E-state index >= 15 is 0 Å². The number of hydrogen-bond acceptors (Lipinski definition) is 3. The van der Waals surface area contributed by atoms with Crippen LogP contribution in [-0.2, 0) is 9.53 Å². The highest BCUT2D eigenvalue weighted by molar-refractivity contribution is 9.10. The molecule has 0 aromatic heterocycles. The van der Waals surface area contributed by atoms with E-state index in [2.05, 4.69) is 15.9 Å². The highest BCUT2D eigenvalue weighted by Crippen LogP contribution is 2.33. The molecule has 2 rings (SSSR count). The number of aliphatic carboxylic acids is 1. The van der Waals surface area contributed by atoms with Crippen molar-refractivity contribution in [2.24, 2.45) is 0 Å². The molecule has 1 aromatic carbocycles. The third-order valence-corrected chi connectivity index (χ3v) is 3.51. The molecule has 0 bridgehead atoms. The number of carbonyl (C=O) groups is 2. The van der Waals surface area contributed by atoms with Gasteiger partial charge in [-0.3, -0.25) is 9.69 Å². The second kappa shape index (κ2) is 4.85. The molecule has 0 radical (unpaired) electrons. The number of benzene rings is 1. The number of carboxylic acid groups (broad SMARTS) is 1. The van der Waals surface area contributed by atoms with Crippen molar-refractivity contribution in [3.8, 4) is 0 Å². The van der Waals surface area contributed by atoms with Gasteiger partial charge >= 0.3 is 12.1 Å². The predicted molar refractivity (Wildman–Crippen MR) is 73.4 cm³/mol. The van der Waals surface area contributed by atoms with E-state index in [-0.39, 0.29) is 13.0 Å². The van der Waals surface area contributed by atoms with Crippen molar-refractivity contribution in [3.63, 3.8) is 0 Å². The summed E-state index contributed by atoms with van der Waals surface area (Å²) in [4.78, 5) is 24.2. The molecular formula is C13H14BrNO4. The average Bonchev–Trinajstić information content (AvgIpc) is 2.52. The summed E-state index contributed by atoms with van der Waals surface area (Å²) >= 11 is 3.36. The fourth-order valence-corrected chi connectivity index (χ4v) is 2.69. The number of carbonyl (C=O) groups excluding carboxylic acids is 1. The van der Waals surface area contributed by atoms with Crippen LogP contribution in [0, 0.1) is 6.92 Å². The molecule has 0 spiro atoms. The number of rotatable bonds is 3. The number of amides is 1. The highest BCUT2D eigenvalue weighted by Gasteiger charge is 2.43. The van der Waals surface area contributed by atoms with E-state index in [0.717, 1.165) is 15.7 Å². The van der Waals surface area contributed by atoms with Crippen LogP contribution in [0.3, 0.4) is 0 Å². The van der Waals surface area contributed by atoms with Gasteiger partial charge in [-0.2, -0.15) is 0 Å². The number of cyclic esters (lactones) is 1. The molecule has 6 heteroatoms. The Hall–Kier alpha value is -1.56. The summed E-state index contributed by atoms with van der Waals surface area (Å²) in [5.41, 5.74) is 0.677. The second-order valence-electron chi connectivity index (χ2n) is 4.91. The normalized spacial score (nSPS) is 22.5. The molecule has 1 fully saturated rings. The Morgan fingerprint density at radius 1 is 1.58 bits per heavy atom. The Labute approximate surface area is 119 Å². The fourth-order valence-electron chi connectivity index (χ4n) is 2.21. The zero-order chi connectivity index (χ0) is 14.2. The van der Waals surface area contributed by atoms with Crippen molar-refractivity contribution in [1.29, 1.82) is 0 Å². The van der Waals surface area contributed by atoms with Crippen molar-refractivity contribution in [3.05, 3.63) is 28.2 Å². The van der Waals surface area contributed by atoms with Crippen LogP contribution in [0.5, 0.6) is 0 Å². The number of nitrogens with zero attached hydrogens (tertiary/aromatic N) is 1. The summed E-state index contributed by atoms with van der Waals surface area (Å²) < 4.78 is 6.13. The van der Waals surface area contributed by atoms with E-state index in [9.17, 15) is 9.59 Å². The topological polar surface area (TPSA) is 66.8 Å². The quantitative estimate of drug-likeness (QED) is 0.926. The van der Waals surface area contributed by atoms with Gasteiger partial charge in [-0.05, 0) is 37.6 Å². The molecule has 1 amide bonds. The maximum atomic E-state index is 11.9. The van der Waals surface area contributed by atoms with Crippen molar-refractivity contribution >= 4 is 33.7 Å². The van der Waals surface area contributed by atoms with Gasteiger partial charge in [0.25, 0.3) is 0 Å². The molecule has 1 heterocycles. The van der Waals surface area contributed by atoms with Crippen LogP contribution in [0.25, 0.3) is 0 Å². The lowest BCUT2D eigenvalue weighted by molar-refractivity contribution is -0.140. The van der Waals surface area contributed by atoms with E-state index in [4.69, 9.17) is 9.84 Å². The van der Waals surface area contributed by atoms with E-state index in [1.807, 2.05) is 25.1 Å². The maximum Gasteiger partial charge on any atom is 0.415 e. The zero-order valence-corrected chi connectivity index (χ0v) is 12.2. The lowest BCUT2D eigenvalue weighted by atomic mass is 10.0. The van der Waals surface area contributed by atoms with Gasteiger partial charge in [-0.15, -0.1) is 0 Å². The molecular weight excluding hydrogens is 314 g/mol. The molecule has 1 aliphatic rings. The van der Waals surface area contributed by atoms with Gasteiger partial charge in [-0.25, -0.2) is 4.79 Å². The number of ether oxygens (including phenoxy) is 1. The second-order valence-corrected chi connectivity index (χ2v) is 5.82. The largest absolute Gasteiger partial charge is 0.481 e. The fraction of sp³-hybridized carbons (Fsp3) is 0.385. The van der Waals surface area contributed by atoms with Crippen LogP contribution < -0.4 is 4.90 Å². The van der Waals surface area contributed by atoms with Gasteiger partial charge in [0.2, 0.25) is 0 Å². The van der Waals surface area contributed by atoms with E-state index in [1.54, 1.807) is 6.92 Å². The lowest BCUT2D eigenvalue weighted by Crippen LogP contribution is -2.33. The Morgan fingerprint density at radius 3 is 2.84 bits per heavy atom. The van der Waals surface area contributed by atoms with Gasteiger partial charge in [0, 0.05) is 4.47 Å². The summed E-state index contributed by atoms with van der Waals surface area (Å²) in [7, 11) is 0. The number of halogens is 1. The molecule has 1 aromatic rings. The minimum Gasteiger partial charge on any atom is -0.481 e. The Balaban J connectivity index is 2.27. The average molecular weight is 328 g/mol. The van der Waals surface area contributed by atoms with E-state index in [1.165, 1.54) is 4.90 Å². The number of anilines is 1. The van der Waals surface area contributed by atoms with Crippen LogP contribution in [0.2, 0.25) is 0 Å². The molecule has 1 unspecified atom stereocenters. The Bertz CT molecular complexity index is 545. The molecule has 0 saturated carbocycles. The smallest absolute Gasteiger partial charge is 0.415 e. The lowest BCUT2D eigenvalue weighted by Gasteiger charge is -2.20. The Morgan fingerprint density at radius 2 is 2.26 bits per heavy atom. The summed E-state index contributed by atoms with van der Waals surface area (Å²) in [6, 6.07) is 5.55. The number of carboxylic acids is 1. The first-order chi connectivity index (χ1) is 8.81. The van der Waals surface area contributed by atoms with Crippen LogP contribution >= 0.6 is 15.9 Å². The van der Waals surface area contributed by atoms with Crippen LogP contribution in [0.1, 0.15) is 18.9 Å². The van der Waals surface area contributed by atoms with Crippen LogP contribution in [0.4, 0.5) is 10.5 Å². The standard InChI is InChI=1S/C13H14BrNO4/c1-8-5-9(14)3-4-10(8)15-7-13(2,6-11(16)17)19-12(15)18/h3-5H,6-7H2,1-2H3,(H,16,17). The number of hydrogen-bond donors (Lipinski definition) is 1. The summed E-state index contributed by atoms with van der Waals surface area (Å²) in [6.07, 6.45) is -0.709. The molecule has 102 valence electrons. The van der Waals surface area contributed by atoms with Gasteiger partial charge in [0.15, 0.2) is 0 Å². The molecule has 1 N–H and O–H groups in total. The summed E-state index contributed by atoms with van der Waals surface area (Å²) in [6.45, 7) is 3.76. The van der Waals surface area contributed by atoms with Gasteiger partial charge in [-0.1, -0.05) is 15.9 Å². The van der Waals surface area contributed by atoms with Gasteiger partial charge in [0.05, 0.1) is 18.7 Å². The monoisotopic (exact) mass is 327 g/mol. The SMILES string of the molecule is Cc1cc(Br)ccc1N1CC(C)(CC(=O)O)OC1=O. The summed E-state index contributed by atoms with van der Waals surface area (Å²) in [5, 5.41) is 8.86. The minimum atomic E-state index is -0.984. The third kappa shape index (κ3) is 2.89. The van der Waals surface area contributed by atoms with Crippen LogP contribution in [-0.4, -0.2) is 29.3 Å². The molecule has 1 atom stereocenters. The third-order valence-electron chi connectivity index (χ3n) is 3.02. The van der Waals surface area contributed by atoms with Crippen molar-refractivity contribution < 1.29 is 19.4 Å². The maximum absolute atomic E-state index is 11.9. The number of aryl methyl sites for hydroxylation is 1. The van der Waals surface area contributed by atoms with Crippen molar-refractivity contribution in [2.45, 2.75) is 25.9 Å². The highest BCUT2D eigenvalue weighted by atomic mass is 79.9. The first-order valence-electron chi connectivity index (χ1n) is 5.79. The molecule has 1 aliphatic heterocycles. The van der Waals surface area contributed by atoms with Gasteiger partial charge in [0.1, 0.15) is 5.60 Å². The molecule has 5 nitrogen and oxygen atoms in total. The first-order valence-corrected chi connectivity index (χ1v) is 6.58. The zero-order valence-electron chi connectivity index (χ0n) is 10.6. The van der Waals surface area contributed by atoms with E-state index in [0.29, 0.717) is 0 Å². The Kier molecular flexibility index (Phi) is 3.54. The molecule has 1 saturated heterocycles. The minimum absolute atomic E-state index is 0.204. The van der Waals surface area contributed by atoms with Crippen molar-refractivity contribution in [1.82, 2.24) is 0 Å².